The fourth-order valence-corrected chi connectivity index (χ4v) is 7.01. The van der Waals surface area contributed by atoms with Crippen molar-refractivity contribution in [3.8, 4) is 17.2 Å². The quantitative estimate of drug-likeness (QED) is 0.184. The molecule has 0 aliphatic carbocycles. The number of fused-ring (bicyclic) bond motifs is 1. The maximum atomic E-state index is 14.2. The molecule has 1 aliphatic rings. The Balaban J connectivity index is 1.58. The normalized spacial score (nSPS) is 14.4. The lowest BCUT2D eigenvalue weighted by molar-refractivity contribution is 0.0391. The van der Waals surface area contributed by atoms with Gasteiger partial charge in [-0.25, -0.2) is 13.2 Å². The number of nitrogens with one attached hydrogen (secondary N) is 1. The maximum Gasteiger partial charge on any atom is 0.407 e. The van der Waals surface area contributed by atoms with Crippen molar-refractivity contribution in [1.29, 1.82) is 0 Å². The Kier molecular flexibility index (Phi) is 12.4. The standard InChI is InChI=1S/C36H48N2O9S/c1-35(2,3)47-34(41)37-30(20-26-12-14-28(15-13-26)44-23-27-10-7-6-8-11-27)31(40)22-38(24-36(4,5)18-9-19-39)48(42,43)29-16-17-32-33(21-29)46-25-45-32/h6-8,10-17,21,30-31,39-40H,9,18-20,22-25H2,1-5H3,(H,37,41)/t30-,31+/m0/s1. The third-order valence-electron chi connectivity index (χ3n) is 7.78. The van der Waals surface area contributed by atoms with Crippen LogP contribution in [0.3, 0.4) is 0 Å². The third kappa shape index (κ3) is 10.8. The van der Waals surface area contributed by atoms with Gasteiger partial charge in [0.1, 0.15) is 18.0 Å². The van der Waals surface area contributed by atoms with Crippen molar-refractivity contribution in [3.05, 3.63) is 83.9 Å². The van der Waals surface area contributed by atoms with Crippen LogP contribution in [0, 0.1) is 5.41 Å². The van der Waals surface area contributed by atoms with Gasteiger partial charge in [0.05, 0.1) is 17.0 Å². The second-order valence-corrected chi connectivity index (χ2v) is 15.7. The predicted octanol–water partition coefficient (Wildman–Crippen LogP) is 5.28. The molecule has 3 N–H and O–H groups in total. The van der Waals surface area contributed by atoms with E-state index in [0.29, 0.717) is 36.7 Å². The molecule has 262 valence electrons. The van der Waals surface area contributed by atoms with Gasteiger partial charge in [-0.2, -0.15) is 4.31 Å². The van der Waals surface area contributed by atoms with Crippen molar-refractivity contribution in [2.45, 2.75) is 83.1 Å². The van der Waals surface area contributed by atoms with Gasteiger partial charge in [-0.15, -0.1) is 0 Å². The summed E-state index contributed by atoms with van der Waals surface area (Å²) in [6.45, 7) is 9.13. The van der Waals surface area contributed by atoms with Crippen LogP contribution in [0.5, 0.6) is 17.2 Å². The number of nitrogens with zero attached hydrogens (tertiary/aromatic N) is 1. The molecule has 0 fully saturated rings. The van der Waals surface area contributed by atoms with Gasteiger partial charge in [0.15, 0.2) is 11.5 Å². The van der Waals surface area contributed by atoms with Crippen LogP contribution in [0.4, 0.5) is 4.79 Å². The SMILES string of the molecule is CC(C)(CCCO)CN(C[C@@H](O)[C@H](Cc1ccc(OCc2ccccc2)cc1)NC(=O)OC(C)(C)C)S(=O)(=O)c1ccc2c(c1)OCO2. The molecular weight excluding hydrogens is 636 g/mol. The zero-order valence-corrected chi connectivity index (χ0v) is 29.2. The Labute approximate surface area is 283 Å². The summed E-state index contributed by atoms with van der Waals surface area (Å²) in [5, 5.41) is 23.9. The van der Waals surface area contributed by atoms with Crippen LogP contribution in [0.15, 0.2) is 77.7 Å². The summed E-state index contributed by atoms with van der Waals surface area (Å²) in [5.41, 5.74) is 0.486. The van der Waals surface area contributed by atoms with Crippen molar-refractivity contribution in [1.82, 2.24) is 9.62 Å². The van der Waals surface area contributed by atoms with E-state index in [4.69, 9.17) is 18.9 Å². The molecule has 1 amide bonds. The Hall–Kier alpha value is -3.84. The molecule has 1 aliphatic heterocycles. The minimum atomic E-state index is -4.16. The smallest absolute Gasteiger partial charge is 0.407 e. The summed E-state index contributed by atoms with van der Waals surface area (Å²) in [5.74, 6) is 1.42. The van der Waals surface area contributed by atoms with E-state index in [1.807, 2.05) is 68.4 Å². The lowest BCUT2D eigenvalue weighted by atomic mass is 9.87. The average Bonchev–Trinajstić information content (AvgIpc) is 3.51. The lowest BCUT2D eigenvalue weighted by Crippen LogP contribution is -2.52. The summed E-state index contributed by atoms with van der Waals surface area (Å²) in [7, 11) is -4.16. The number of benzene rings is 3. The molecule has 11 nitrogen and oxygen atoms in total. The molecule has 0 saturated heterocycles. The minimum Gasteiger partial charge on any atom is -0.489 e. The summed E-state index contributed by atoms with van der Waals surface area (Å²) < 4.78 is 51.7. The first kappa shape index (κ1) is 37.0. The van der Waals surface area contributed by atoms with E-state index >= 15 is 0 Å². The molecule has 3 aromatic rings. The Morgan fingerprint density at radius 3 is 2.31 bits per heavy atom. The van der Waals surface area contributed by atoms with Gasteiger partial charge < -0.3 is 34.5 Å². The van der Waals surface area contributed by atoms with Gasteiger partial charge in [-0.05, 0) is 80.8 Å². The summed E-state index contributed by atoms with van der Waals surface area (Å²) in [6.07, 6.45) is -0.843. The molecule has 3 aromatic carbocycles. The summed E-state index contributed by atoms with van der Waals surface area (Å²) in [4.78, 5) is 12.9. The van der Waals surface area contributed by atoms with Crippen LogP contribution >= 0.6 is 0 Å². The molecular formula is C36H48N2O9S. The zero-order valence-electron chi connectivity index (χ0n) is 28.3. The van der Waals surface area contributed by atoms with Crippen LogP contribution < -0.4 is 19.5 Å². The molecule has 48 heavy (non-hydrogen) atoms. The fraction of sp³-hybridized carbons (Fsp3) is 0.472. The Bertz CT molecular complexity index is 1590. The number of carbonyl (C=O) groups excluding carboxylic acids is 1. The van der Waals surface area contributed by atoms with Gasteiger partial charge in [-0.3, -0.25) is 0 Å². The average molecular weight is 685 g/mol. The predicted molar refractivity (Wildman–Crippen MR) is 182 cm³/mol. The van der Waals surface area contributed by atoms with Crippen LogP contribution in [0.1, 0.15) is 58.6 Å². The number of rotatable bonds is 16. The van der Waals surface area contributed by atoms with Crippen molar-refractivity contribution >= 4 is 16.1 Å². The van der Waals surface area contributed by atoms with E-state index in [9.17, 15) is 23.4 Å². The molecule has 0 radical (unpaired) electrons. The molecule has 0 spiro atoms. The number of amides is 1. The second-order valence-electron chi connectivity index (χ2n) is 13.7. The molecule has 4 rings (SSSR count). The van der Waals surface area contributed by atoms with E-state index in [1.54, 1.807) is 26.8 Å². The fourth-order valence-electron chi connectivity index (χ4n) is 5.34. The number of alkyl carbamates (subject to hydrolysis) is 1. The first-order valence-corrected chi connectivity index (χ1v) is 17.5. The molecule has 0 saturated carbocycles. The highest BCUT2D eigenvalue weighted by Crippen LogP contribution is 2.36. The van der Waals surface area contributed by atoms with Gasteiger partial charge in [0.2, 0.25) is 16.8 Å². The molecule has 12 heteroatoms. The Morgan fingerprint density at radius 2 is 1.65 bits per heavy atom. The van der Waals surface area contributed by atoms with Gasteiger partial charge in [0, 0.05) is 25.8 Å². The molecule has 2 atom stereocenters. The topological polar surface area (TPSA) is 144 Å². The van der Waals surface area contributed by atoms with E-state index in [0.717, 1.165) is 11.1 Å². The minimum absolute atomic E-state index is 0.00635. The largest absolute Gasteiger partial charge is 0.489 e. The second kappa shape index (κ2) is 16.0. The van der Waals surface area contributed by atoms with Crippen LogP contribution in [-0.2, 0) is 27.8 Å². The monoisotopic (exact) mass is 684 g/mol. The van der Waals surface area contributed by atoms with Crippen LogP contribution in [0.2, 0.25) is 0 Å². The first-order chi connectivity index (χ1) is 22.6. The van der Waals surface area contributed by atoms with Crippen molar-refractivity contribution < 1.29 is 42.4 Å². The van der Waals surface area contributed by atoms with Gasteiger partial charge >= 0.3 is 6.09 Å². The molecule has 0 aromatic heterocycles. The van der Waals surface area contributed by atoms with Gasteiger partial charge in [-0.1, -0.05) is 56.3 Å². The Morgan fingerprint density at radius 1 is 0.958 bits per heavy atom. The highest BCUT2D eigenvalue weighted by molar-refractivity contribution is 7.89. The molecule has 0 bridgehead atoms. The lowest BCUT2D eigenvalue weighted by Gasteiger charge is -2.35. The van der Waals surface area contributed by atoms with Gasteiger partial charge in [0.25, 0.3) is 0 Å². The number of hydrogen-bond donors (Lipinski definition) is 3. The summed E-state index contributed by atoms with van der Waals surface area (Å²) in [6, 6.07) is 20.6. The summed E-state index contributed by atoms with van der Waals surface area (Å²) >= 11 is 0. The number of carbonyl (C=O) groups is 1. The third-order valence-corrected chi connectivity index (χ3v) is 9.59. The van der Waals surface area contributed by atoms with Crippen LogP contribution in [0.25, 0.3) is 0 Å². The van der Waals surface area contributed by atoms with E-state index in [-0.39, 0.29) is 37.8 Å². The van der Waals surface area contributed by atoms with Crippen LogP contribution in [-0.4, -0.2) is 73.3 Å². The number of aliphatic hydroxyl groups excluding tert-OH is 2. The van der Waals surface area contributed by atoms with Crippen molar-refractivity contribution in [2.24, 2.45) is 5.41 Å². The van der Waals surface area contributed by atoms with Crippen molar-refractivity contribution in [3.63, 3.8) is 0 Å². The first-order valence-electron chi connectivity index (χ1n) is 16.1. The molecule has 0 unspecified atom stereocenters. The number of hydrogen-bond acceptors (Lipinski definition) is 9. The highest BCUT2D eigenvalue weighted by atomic mass is 32.2. The highest BCUT2D eigenvalue weighted by Gasteiger charge is 2.36. The number of aliphatic hydroxyl groups is 2. The molecule has 1 heterocycles. The van der Waals surface area contributed by atoms with Crippen molar-refractivity contribution in [2.75, 3.05) is 26.5 Å². The number of sulfonamides is 1. The maximum absolute atomic E-state index is 14.2. The van der Waals surface area contributed by atoms with E-state index in [2.05, 4.69) is 5.32 Å². The zero-order chi connectivity index (χ0) is 35.0. The number of ether oxygens (including phenoxy) is 4. The van der Waals surface area contributed by atoms with E-state index in [1.165, 1.54) is 16.4 Å². The van der Waals surface area contributed by atoms with E-state index < -0.39 is 39.3 Å².